The number of carbonyl (C=O) groups excluding carboxylic acids is 4. The van der Waals surface area contributed by atoms with Crippen molar-refractivity contribution in [3.63, 3.8) is 0 Å². The highest BCUT2D eigenvalue weighted by atomic mass is 19.1. The molecule has 0 saturated heterocycles. The van der Waals surface area contributed by atoms with E-state index in [1.165, 1.54) is 25.1 Å². The van der Waals surface area contributed by atoms with E-state index in [4.69, 9.17) is 9.26 Å². The zero-order valence-corrected chi connectivity index (χ0v) is 31.6. The van der Waals surface area contributed by atoms with Crippen LogP contribution in [0.25, 0.3) is 0 Å². The maximum atomic E-state index is 13.6. The minimum absolute atomic E-state index is 0.151. The van der Waals surface area contributed by atoms with Crippen LogP contribution in [-0.4, -0.2) is 50.4 Å². The van der Waals surface area contributed by atoms with Crippen LogP contribution in [0.5, 0.6) is 5.75 Å². The van der Waals surface area contributed by atoms with Crippen LogP contribution in [0.3, 0.4) is 0 Å². The Morgan fingerprint density at radius 1 is 0.875 bits per heavy atom. The molecule has 0 aliphatic heterocycles. The molecule has 0 spiro atoms. The largest absolute Gasteiger partial charge is 0.488 e. The lowest BCUT2D eigenvalue weighted by Crippen LogP contribution is -2.53. The van der Waals surface area contributed by atoms with Gasteiger partial charge in [0.25, 0.3) is 17.4 Å². The second-order valence-electron chi connectivity index (χ2n) is 13.6. The second kappa shape index (κ2) is 17.5. The third-order valence-corrected chi connectivity index (χ3v) is 8.88. The summed E-state index contributed by atoms with van der Waals surface area (Å²) in [5.74, 6) is -2.66. The maximum Gasteiger partial charge on any atom is 0.328 e. The van der Waals surface area contributed by atoms with Crippen molar-refractivity contribution in [3.8, 4) is 5.75 Å². The average Bonchev–Trinajstić information content (AvgIpc) is 3.49. The number of aromatic nitrogens is 3. The lowest BCUT2D eigenvalue weighted by atomic mass is 10.0. The highest BCUT2D eigenvalue weighted by Gasteiger charge is 2.28. The Morgan fingerprint density at radius 2 is 1.61 bits per heavy atom. The Labute approximate surface area is 320 Å². The molecule has 0 aliphatic rings. The third kappa shape index (κ3) is 9.82. The number of amides is 4. The quantitative estimate of drug-likeness (QED) is 0.109. The van der Waals surface area contributed by atoms with E-state index < -0.39 is 52.8 Å². The summed E-state index contributed by atoms with van der Waals surface area (Å²) in [6, 6.07) is 15.6. The van der Waals surface area contributed by atoms with Gasteiger partial charge in [-0.15, -0.1) is 0 Å². The third-order valence-electron chi connectivity index (χ3n) is 8.88. The number of rotatable bonds is 14. The number of nitrogens with one attached hydrogen (secondary N) is 5. The number of aromatic amines is 1. The second-order valence-corrected chi connectivity index (χ2v) is 13.6. The Morgan fingerprint density at radius 3 is 2.29 bits per heavy atom. The fraction of sp³-hybridized carbons (Fsp3) is 0.275. The number of anilines is 2. The van der Waals surface area contributed by atoms with Crippen molar-refractivity contribution in [1.29, 1.82) is 0 Å². The molecule has 2 aromatic heterocycles. The number of hydrogen-bond donors (Lipinski definition) is 5. The Kier molecular flexibility index (Phi) is 12.6. The average molecular weight is 768 g/mol. The van der Waals surface area contributed by atoms with Gasteiger partial charge >= 0.3 is 5.69 Å². The monoisotopic (exact) mass is 767 g/mol. The number of benzene rings is 3. The molecule has 5 N–H and O–H groups in total. The van der Waals surface area contributed by atoms with Gasteiger partial charge in [-0.25, -0.2) is 4.79 Å². The summed E-state index contributed by atoms with van der Waals surface area (Å²) < 4.78 is 25.5. The summed E-state index contributed by atoms with van der Waals surface area (Å²) in [4.78, 5) is 79.3. The first-order valence-electron chi connectivity index (χ1n) is 17.7. The molecule has 56 heavy (non-hydrogen) atoms. The number of aryl methyl sites for hydroxylation is 3. The fourth-order valence-corrected chi connectivity index (χ4v) is 5.63. The number of ether oxygens (including phenoxy) is 1. The van der Waals surface area contributed by atoms with Gasteiger partial charge in [0.2, 0.25) is 17.6 Å². The molecule has 292 valence electrons. The molecule has 2 atom stereocenters. The van der Waals surface area contributed by atoms with Gasteiger partial charge in [-0.05, 0) is 81.6 Å². The lowest BCUT2D eigenvalue weighted by Gasteiger charge is -2.24. The minimum atomic E-state index is -1.09. The van der Waals surface area contributed by atoms with E-state index in [-0.39, 0.29) is 30.2 Å². The Balaban J connectivity index is 1.18. The lowest BCUT2D eigenvalue weighted by molar-refractivity contribution is -0.128. The van der Waals surface area contributed by atoms with Crippen molar-refractivity contribution in [1.82, 2.24) is 25.3 Å². The number of halogens is 1. The van der Waals surface area contributed by atoms with Gasteiger partial charge in [-0.3, -0.25) is 28.5 Å². The van der Waals surface area contributed by atoms with E-state index in [0.717, 1.165) is 11.1 Å². The van der Waals surface area contributed by atoms with E-state index in [2.05, 4.69) is 31.4 Å². The van der Waals surface area contributed by atoms with E-state index in [1.54, 1.807) is 70.2 Å². The molecule has 4 amide bonds. The van der Waals surface area contributed by atoms with Crippen molar-refractivity contribution in [2.45, 2.75) is 66.8 Å². The van der Waals surface area contributed by atoms with Crippen molar-refractivity contribution in [2.24, 2.45) is 5.92 Å². The molecule has 0 fully saturated rings. The highest BCUT2D eigenvalue weighted by Crippen LogP contribution is 2.25. The normalized spacial score (nSPS) is 12.1. The number of carbonyl (C=O) groups is 4. The van der Waals surface area contributed by atoms with Crippen molar-refractivity contribution in [2.75, 3.05) is 10.6 Å². The molecule has 16 heteroatoms. The molecule has 0 radical (unpaired) electrons. The van der Waals surface area contributed by atoms with Crippen LogP contribution in [0.2, 0.25) is 0 Å². The van der Waals surface area contributed by atoms with E-state index in [1.807, 2.05) is 13.0 Å². The van der Waals surface area contributed by atoms with Crippen LogP contribution in [0.4, 0.5) is 15.8 Å². The standard InChI is InChI=1S/C40H42FN7O8/c1-21(2)34(38(52)43-24(5)35(49)44-28-13-11-26(12-14-28)19-48-39(53)32(41)18-42-40(48)54)46-36(50)27-8-7-9-29(17-27)45-37(51)30-16-22(3)10-15-33(30)55-20-31-23(4)47-56-25(31)6/h7-18,21,24,34H,19-20H2,1-6H3,(H,42,54)(H,43,52)(H,44,49)(H,45,51)(H,46,50)/t24-,34-/m0/s1. The summed E-state index contributed by atoms with van der Waals surface area (Å²) in [6.45, 7) is 10.4. The van der Waals surface area contributed by atoms with Crippen LogP contribution in [-0.2, 0) is 22.7 Å². The summed E-state index contributed by atoms with van der Waals surface area (Å²) in [7, 11) is 0. The molecule has 5 aromatic rings. The summed E-state index contributed by atoms with van der Waals surface area (Å²) >= 11 is 0. The Bertz CT molecular complexity index is 2360. The van der Waals surface area contributed by atoms with Crippen molar-refractivity contribution < 1.29 is 32.8 Å². The van der Waals surface area contributed by atoms with E-state index >= 15 is 0 Å². The van der Waals surface area contributed by atoms with E-state index in [0.29, 0.717) is 44.9 Å². The van der Waals surface area contributed by atoms with Crippen LogP contribution in [0.15, 0.2) is 87.0 Å². The molecule has 0 saturated carbocycles. The van der Waals surface area contributed by atoms with Gasteiger partial charge in [0.1, 0.15) is 30.2 Å². The van der Waals surface area contributed by atoms with Gasteiger partial charge in [-0.2, -0.15) is 4.39 Å². The van der Waals surface area contributed by atoms with Gasteiger partial charge in [-0.1, -0.05) is 48.8 Å². The van der Waals surface area contributed by atoms with Crippen molar-refractivity contribution >= 4 is 35.0 Å². The topological polar surface area (TPSA) is 207 Å². The molecular formula is C40H42FN7O8. The number of H-pyrrole nitrogens is 1. The number of nitrogens with zero attached hydrogens (tertiary/aromatic N) is 2. The van der Waals surface area contributed by atoms with Crippen LogP contribution < -0.4 is 37.3 Å². The van der Waals surface area contributed by atoms with Gasteiger partial charge in [0.15, 0.2) is 0 Å². The highest BCUT2D eigenvalue weighted by molar-refractivity contribution is 6.07. The van der Waals surface area contributed by atoms with Gasteiger partial charge in [0, 0.05) is 23.1 Å². The minimum Gasteiger partial charge on any atom is -0.488 e. The van der Waals surface area contributed by atoms with Crippen LogP contribution in [0, 0.1) is 32.5 Å². The molecular weight excluding hydrogens is 725 g/mol. The summed E-state index contributed by atoms with van der Waals surface area (Å²) in [6.07, 6.45) is 0.698. The molecule has 0 bridgehead atoms. The van der Waals surface area contributed by atoms with Crippen LogP contribution in [0.1, 0.15) is 69.6 Å². The first-order chi connectivity index (χ1) is 26.6. The molecule has 0 aliphatic carbocycles. The summed E-state index contributed by atoms with van der Waals surface area (Å²) in [5, 5.41) is 14.8. The SMILES string of the molecule is Cc1ccc(OCc2c(C)noc2C)c(C(=O)Nc2cccc(C(=O)N[C@H](C(=O)N[C@@H](C)C(=O)Nc3ccc(Cn4c(=O)[nH]cc(F)c4=O)cc3)C(C)C)c2)c1. The van der Waals surface area contributed by atoms with Gasteiger partial charge in [0.05, 0.1) is 23.4 Å². The predicted molar refractivity (Wildman–Crippen MR) is 205 cm³/mol. The summed E-state index contributed by atoms with van der Waals surface area (Å²) in [5.41, 5.74) is 2.15. The van der Waals surface area contributed by atoms with Crippen LogP contribution >= 0.6 is 0 Å². The Hall–Kier alpha value is -6.84. The molecule has 15 nitrogen and oxygen atoms in total. The van der Waals surface area contributed by atoms with E-state index in [9.17, 15) is 33.2 Å². The molecule has 3 aromatic carbocycles. The zero-order chi connectivity index (χ0) is 40.7. The first-order valence-corrected chi connectivity index (χ1v) is 17.7. The molecule has 5 rings (SSSR count). The van der Waals surface area contributed by atoms with Crippen molar-refractivity contribution in [3.05, 3.63) is 139 Å². The zero-order valence-electron chi connectivity index (χ0n) is 31.6. The smallest absolute Gasteiger partial charge is 0.328 e. The maximum absolute atomic E-state index is 13.6. The molecule has 2 heterocycles. The first kappa shape index (κ1) is 40.3. The van der Waals surface area contributed by atoms with Gasteiger partial charge < -0.3 is 35.5 Å². The molecule has 0 unspecified atom stereocenters. The predicted octanol–water partition coefficient (Wildman–Crippen LogP) is 4.37. The number of hydrogen-bond acceptors (Lipinski definition) is 9. The fourth-order valence-electron chi connectivity index (χ4n) is 5.63.